The summed E-state index contributed by atoms with van der Waals surface area (Å²) in [5.41, 5.74) is 0.732. The second-order valence-corrected chi connectivity index (χ2v) is 9.13. The SMILES string of the molecule is C=C1S/C(c2ccn[nH]2)=C\CN=C(NC(C)(C)C)C=C1NCC(F)(F)c1ccccn1. The Morgan fingerprint density at radius 3 is 2.65 bits per heavy atom. The Morgan fingerprint density at radius 1 is 1.19 bits per heavy atom. The monoisotopic (exact) mass is 444 g/mol. The molecule has 1 aliphatic heterocycles. The van der Waals surface area contributed by atoms with E-state index in [1.165, 1.54) is 24.0 Å². The zero-order valence-corrected chi connectivity index (χ0v) is 18.6. The fraction of sp³-hybridized carbons (Fsp3) is 0.318. The van der Waals surface area contributed by atoms with Gasteiger partial charge in [0.2, 0.25) is 0 Å². The number of pyridine rings is 1. The summed E-state index contributed by atoms with van der Waals surface area (Å²) in [5, 5.41) is 13.1. The molecule has 3 N–H and O–H groups in total. The highest BCUT2D eigenvalue weighted by Crippen LogP contribution is 2.35. The maximum Gasteiger partial charge on any atom is 0.306 e. The summed E-state index contributed by atoms with van der Waals surface area (Å²) < 4.78 is 29.4. The van der Waals surface area contributed by atoms with Crippen LogP contribution < -0.4 is 10.6 Å². The quantitative estimate of drug-likeness (QED) is 0.635. The predicted octanol–water partition coefficient (Wildman–Crippen LogP) is 4.46. The molecule has 0 aromatic carbocycles. The summed E-state index contributed by atoms with van der Waals surface area (Å²) in [6.45, 7) is 9.93. The van der Waals surface area contributed by atoms with Crippen LogP contribution in [0, 0.1) is 0 Å². The van der Waals surface area contributed by atoms with Crippen molar-refractivity contribution in [3.8, 4) is 0 Å². The maximum atomic E-state index is 14.7. The van der Waals surface area contributed by atoms with E-state index in [0.717, 1.165) is 10.6 Å². The van der Waals surface area contributed by atoms with Crippen molar-refractivity contribution in [3.05, 3.63) is 77.4 Å². The standard InChI is InChI=1S/C22H26F2N6S/c1-15-17(27-14-22(23,24)19-7-5-6-10-25-19)13-20(29-21(2,3)4)26-11-9-18(31-15)16-8-12-28-30-16/h5-10,12-13,27H,1,11,14H2,2-4H3,(H,26,29)(H,28,30)/b17-13?,18-9-. The van der Waals surface area contributed by atoms with Crippen LogP contribution in [0.15, 0.2) is 71.0 Å². The van der Waals surface area contributed by atoms with Crippen molar-refractivity contribution >= 4 is 22.5 Å². The van der Waals surface area contributed by atoms with Gasteiger partial charge in [-0.15, -0.1) is 0 Å². The van der Waals surface area contributed by atoms with Gasteiger partial charge in [-0.05, 0) is 45.0 Å². The first-order valence-corrected chi connectivity index (χ1v) is 10.6. The molecule has 0 amide bonds. The zero-order chi connectivity index (χ0) is 22.5. The summed E-state index contributed by atoms with van der Waals surface area (Å²) in [5.74, 6) is -2.57. The van der Waals surface area contributed by atoms with E-state index in [4.69, 9.17) is 0 Å². The first-order chi connectivity index (χ1) is 14.6. The number of H-pyrrole nitrogens is 1. The molecule has 9 heteroatoms. The molecule has 31 heavy (non-hydrogen) atoms. The van der Waals surface area contributed by atoms with Gasteiger partial charge in [0.25, 0.3) is 0 Å². The number of aromatic nitrogens is 3. The molecule has 0 unspecified atom stereocenters. The Hall–Kier alpha value is -2.94. The first kappa shape index (κ1) is 22.7. The van der Waals surface area contributed by atoms with Crippen molar-refractivity contribution in [2.45, 2.75) is 32.2 Å². The van der Waals surface area contributed by atoms with Crippen molar-refractivity contribution in [2.75, 3.05) is 13.1 Å². The predicted molar refractivity (Wildman–Crippen MR) is 123 cm³/mol. The van der Waals surface area contributed by atoms with Crippen molar-refractivity contribution in [1.29, 1.82) is 0 Å². The van der Waals surface area contributed by atoms with E-state index >= 15 is 0 Å². The van der Waals surface area contributed by atoms with E-state index in [1.54, 1.807) is 24.4 Å². The molecule has 0 radical (unpaired) electrons. The van der Waals surface area contributed by atoms with E-state index in [9.17, 15) is 8.78 Å². The molecule has 2 aromatic heterocycles. The Balaban J connectivity index is 1.88. The molecule has 3 rings (SSSR count). The second-order valence-electron chi connectivity index (χ2n) is 8.00. The minimum atomic E-state index is -3.15. The van der Waals surface area contributed by atoms with Crippen molar-refractivity contribution < 1.29 is 8.78 Å². The Labute approximate surface area is 185 Å². The highest BCUT2D eigenvalue weighted by Gasteiger charge is 2.33. The number of alkyl halides is 2. The number of thioether (sulfide) groups is 1. The highest BCUT2D eigenvalue weighted by atomic mass is 32.2. The number of nitrogens with one attached hydrogen (secondary N) is 3. The van der Waals surface area contributed by atoms with Gasteiger partial charge in [-0.3, -0.25) is 15.1 Å². The second kappa shape index (κ2) is 9.47. The van der Waals surface area contributed by atoms with Crippen molar-refractivity contribution in [3.63, 3.8) is 0 Å². The highest BCUT2D eigenvalue weighted by molar-refractivity contribution is 8.12. The number of rotatable bonds is 5. The number of halogens is 2. The molecular weight excluding hydrogens is 418 g/mol. The fourth-order valence-corrected chi connectivity index (χ4v) is 3.65. The minimum Gasteiger partial charge on any atom is -0.378 e. The maximum absolute atomic E-state index is 14.7. The molecule has 2 aromatic rings. The molecular formula is C22H26F2N6S. The van der Waals surface area contributed by atoms with Gasteiger partial charge in [-0.25, -0.2) is 0 Å². The normalized spacial score (nSPS) is 17.5. The number of hydrogen-bond acceptors (Lipinski definition) is 6. The lowest BCUT2D eigenvalue weighted by Crippen LogP contribution is -2.40. The van der Waals surface area contributed by atoms with Gasteiger partial charge in [0, 0.05) is 33.8 Å². The lowest BCUT2D eigenvalue weighted by atomic mass is 10.1. The third-order valence-corrected chi connectivity index (χ3v) is 5.24. The van der Waals surface area contributed by atoms with E-state index in [-0.39, 0.29) is 11.2 Å². The van der Waals surface area contributed by atoms with Gasteiger partial charge < -0.3 is 10.6 Å². The van der Waals surface area contributed by atoms with Gasteiger partial charge in [0.1, 0.15) is 11.5 Å². The van der Waals surface area contributed by atoms with Crippen LogP contribution in [0.4, 0.5) is 8.78 Å². The zero-order valence-electron chi connectivity index (χ0n) is 17.7. The Bertz CT molecular complexity index is 989. The molecule has 164 valence electrons. The summed E-state index contributed by atoms with van der Waals surface area (Å²) in [7, 11) is 0. The fourth-order valence-electron chi connectivity index (χ4n) is 2.76. The van der Waals surface area contributed by atoms with Crippen LogP contribution in [-0.4, -0.2) is 39.6 Å². The molecule has 0 atom stereocenters. The molecule has 0 saturated heterocycles. The van der Waals surface area contributed by atoms with Gasteiger partial charge in [-0.1, -0.05) is 24.4 Å². The molecule has 3 heterocycles. The molecule has 0 aliphatic carbocycles. The first-order valence-electron chi connectivity index (χ1n) is 9.79. The molecule has 0 fully saturated rings. The number of aromatic amines is 1. The number of nitrogens with zero attached hydrogens (tertiary/aromatic N) is 3. The number of amidine groups is 1. The molecule has 6 nitrogen and oxygen atoms in total. The molecule has 0 bridgehead atoms. The third kappa shape index (κ3) is 6.52. The summed E-state index contributed by atoms with van der Waals surface area (Å²) >= 11 is 1.37. The van der Waals surface area contributed by atoms with Crippen LogP contribution in [0.1, 0.15) is 32.2 Å². The van der Waals surface area contributed by atoms with Gasteiger partial charge in [0.05, 0.1) is 24.5 Å². The lowest BCUT2D eigenvalue weighted by Gasteiger charge is -2.23. The average Bonchev–Trinajstić information content (AvgIpc) is 3.25. The van der Waals surface area contributed by atoms with E-state index < -0.39 is 12.5 Å². The van der Waals surface area contributed by atoms with E-state index in [1.807, 2.05) is 32.9 Å². The largest absolute Gasteiger partial charge is 0.378 e. The summed E-state index contributed by atoms with van der Waals surface area (Å²) in [6.07, 6.45) is 6.69. The van der Waals surface area contributed by atoms with Gasteiger partial charge in [-0.2, -0.15) is 13.9 Å². The molecule has 1 aliphatic rings. The third-order valence-electron chi connectivity index (χ3n) is 4.16. The lowest BCUT2D eigenvalue weighted by molar-refractivity contribution is -0.00504. The van der Waals surface area contributed by atoms with Crippen LogP contribution in [0.2, 0.25) is 0 Å². The Kier molecular flexibility index (Phi) is 6.94. The van der Waals surface area contributed by atoms with Gasteiger partial charge in [0.15, 0.2) is 0 Å². The van der Waals surface area contributed by atoms with E-state index in [0.29, 0.717) is 23.0 Å². The summed E-state index contributed by atoms with van der Waals surface area (Å²) in [4.78, 5) is 9.85. The molecule has 0 spiro atoms. The van der Waals surface area contributed by atoms with Crippen LogP contribution in [-0.2, 0) is 5.92 Å². The van der Waals surface area contributed by atoms with Gasteiger partial charge >= 0.3 is 5.92 Å². The van der Waals surface area contributed by atoms with Crippen LogP contribution in [0.5, 0.6) is 0 Å². The van der Waals surface area contributed by atoms with Crippen molar-refractivity contribution in [2.24, 2.45) is 4.99 Å². The average molecular weight is 445 g/mol. The summed E-state index contributed by atoms with van der Waals surface area (Å²) in [6, 6.07) is 6.31. The molecule has 0 saturated carbocycles. The smallest absolute Gasteiger partial charge is 0.306 e. The Morgan fingerprint density at radius 2 is 2.00 bits per heavy atom. The van der Waals surface area contributed by atoms with Crippen molar-refractivity contribution in [1.82, 2.24) is 25.8 Å². The topological polar surface area (TPSA) is 78.0 Å². The number of aliphatic imine (C=N–C) groups is 1. The van der Waals surface area contributed by atoms with Crippen LogP contribution >= 0.6 is 11.8 Å². The van der Waals surface area contributed by atoms with Crippen LogP contribution in [0.25, 0.3) is 4.91 Å². The van der Waals surface area contributed by atoms with E-state index in [2.05, 4.69) is 37.4 Å². The number of hydrogen-bond donors (Lipinski definition) is 3. The van der Waals surface area contributed by atoms with Crippen LogP contribution in [0.3, 0.4) is 0 Å². The minimum absolute atomic E-state index is 0.253.